The molecule has 1 aromatic heterocycles. The van der Waals surface area contributed by atoms with Crippen LogP contribution < -0.4 is 14.2 Å². The van der Waals surface area contributed by atoms with E-state index in [9.17, 15) is 26.4 Å². The van der Waals surface area contributed by atoms with Crippen LogP contribution in [0.3, 0.4) is 0 Å². The summed E-state index contributed by atoms with van der Waals surface area (Å²) < 4.78 is 81.1. The van der Waals surface area contributed by atoms with E-state index in [1.807, 2.05) is 18.6 Å². The topological polar surface area (TPSA) is 104 Å². The highest BCUT2D eigenvalue weighted by Crippen LogP contribution is 2.36. The number of hydrogen-bond acceptors (Lipinski definition) is 7. The number of alkyl halides is 3. The predicted octanol–water partition coefficient (Wildman–Crippen LogP) is 5.00. The predicted molar refractivity (Wildman–Crippen MR) is 128 cm³/mol. The lowest BCUT2D eigenvalue weighted by Crippen LogP contribution is -2.33. The number of sulfonamides is 1. The van der Waals surface area contributed by atoms with Crippen molar-refractivity contribution in [3.8, 4) is 17.4 Å². The third-order valence-corrected chi connectivity index (χ3v) is 6.37. The minimum atomic E-state index is -4.63. The number of ether oxygens (including phenoxy) is 3. The summed E-state index contributed by atoms with van der Waals surface area (Å²) in [6, 6.07) is 5.36. The number of methoxy groups -OCH3 is 1. The summed E-state index contributed by atoms with van der Waals surface area (Å²) in [5.41, 5.74) is -0.575. The van der Waals surface area contributed by atoms with Crippen molar-refractivity contribution in [2.75, 3.05) is 26.1 Å². The third kappa shape index (κ3) is 9.82. The van der Waals surface area contributed by atoms with Crippen LogP contribution in [0.1, 0.15) is 37.8 Å². The Morgan fingerprint density at radius 2 is 1.92 bits per heavy atom. The molecule has 0 atom stereocenters. The summed E-state index contributed by atoms with van der Waals surface area (Å²) in [7, 11) is -2.25. The second-order valence-corrected chi connectivity index (χ2v) is 10.5. The Labute approximate surface area is 213 Å². The fourth-order valence-electron chi connectivity index (χ4n) is 2.84. The maximum atomic E-state index is 12.9. The summed E-state index contributed by atoms with van der Waals surface area (Å²) in [6.07, 6.45) is -3.74. The number of halogens is 4. The molecule has 0 spiro atoms. The minimum absolute atomic E-state index is 0.0669. The molecule has 0 saturated heterocycles. The molecule has 2 aromatic rings. The largest absolute Gasteiger partial charge is 0.491 e. The van der Waals surface area contributed by atoms with E-state index in [1.54, 1.807) is 12.1 Å². The molecule has 0 aliphatic rings. The van der Waals surface area contributed by atoms with Crippen molar-refractivity contribution in [1.29, 1.82) is 0 Å². The van der Waals surface area contributed by atoms with Crippen LogP contribution in [0.25, 0.3) is 0 Å². The van der Waals surface area contributed by atoms with Crippen molar-refractivity contribution in [2.45, 2.75) is 39.3 Å². The third-order valence-electron chi connectivity index (χ3n) is 4.79. The van der Waals surface area contributed by atoms with Crippen molar-refractivity contribution >= 4 is 27.5 Å². The van der Waals surface area contributed by atoms with Crippen LogP contribution in [-0.2, 0) is 32.2 Å². The molecule has 0 saturated carbocycles. The zero-order valence-electron chi connectivity index (χ0n) is 20.0. The number of hydrogen-bond donors (Lipinski definition) is 1. The molecule has 0 bridgehead atoms. The van der Waals surface area contributed by atoms with Crippen LogP contribution in [-0.4, -0.2) is 45.4 Å². The van der Waals surface area contributed by atoms with Crippen LogP contribution in [0.5, 0.6) is 17.4 Å². The van der Waals surface area contributed by atoms with Crippen LogP contribution in [0, 0.1) is 5.92 Å². The van der Waals surface area contributed by atoms with Gasteiger partial charge in [0, 0.05) is 25.8 Å². The molecule has 2 rings (SSSR count). The van der Waals surface area contributed by atoms with Crippen molar-refractivity contribution in [1.82, 2.24) is 9.71 Å². The number of aryl methyl sites for hydroxylation is 1. The number of carbonyl (C=O) groups excluding carboxylic acids is 1. The number of pyridine rings is 1. The van der Waals surface area contributed by atoms with E-state index in [0.29, 0.717) is 36.6 Å². The fraction of sp³-hybridized carbons (Fsp3) is 0.478. The molecule has 200 valence electrons. The molecular formula is C23H28ClF3N2O6S. The molecule has 1 aromatic carbocycles. The quantitative estimate of drug-likeness (QED) is 0.349. The Balaban J connectivity index is 2.21. The van der Waals surface area contributed by atoms with Gasteiger partial charge in [0.15, 0.2) is 0 Å². The molecule has 0 aliphatic carbocycles. The molecule has 0 aliphatic heterocycles. The zero-order chi connectivity index (χ0) is 26.9. The second kappa shape index (κ2) is 13.1. The van der Waals surface area contributed by atoms with Crippen LogP contribution in [0.2, 0.25) is 5.02 Å². The number of benzene rings is 1. The van der Waals surface area contributed by atoms with E-state index in [0.717, 1.165) is 0 Å². The van der Waals surface area contributed by atoms with Gasteiger partial charge in [-0.2, -0.15) is 13.2 Å². The van der Waals surface area contributed by atoms with Gasteiger partial charge in [-0.1, -0.05) is 31.5 Å². The molecule has 8 nitrogen and oxygen atoms in total. The van der Waals surface area contributed by atoms with Crippen molar-refractivity contribution < 1.29 is 40.6 Å². The van der Waals surface area contributed by atoms with Gasteiger partial charge >= 0.3 is 6.18 Å². The van der Waals surface area contributed by atoms with Gasteiger partial charge in [0.2, 0.25) is 21.8 Å². The Kier molecular flexibility index (Phi) is 10.8. The normalized spacial score (nSPS) is 12.0. The van der Waals surface area contributed by atoms with E-state index in [2.05, 4.69) is 4.98 Å². The van der Waals surface area contributed by atoms with Crippen LogP contribution in [0.15, 0.2) is 30.5 Å². The van der Waals surface area contributed by atoms with Gasteiger partial charge < -0.3 is 14.2 Å². The molecule has 36 heavy (non-hydrogen) atoms. The molecule has 13 heteroatoms. The highest BCUT2D eigenvalue weighted by molar-refractivity contribution is 7.90. The fourth-order valence-corrected chi connectivity index (χ4v) is 4.38. The first-order valence-corrected chi connectivity index (χ1v) is 13.0. The van der Waals surface area contributed by atoms with Crippen molar-refractivity contribution in [2.24, 2.45) is 5.92 Å². The Hall–Kier alpha value is -2.57. The molecule has 0 unspecified atom stereocenters. The Morgan fingerprint density at radius 3 is 2.53 bits per heavy atom. The maximum Gasteiger partial charge on any atom is 0.417 e. The van der Waals surface area contributed by atoms with Gasteiger partial charge in [0.25, 0.3) is 0 Å². The monoisotopic (exact) mass is 552 g/mol. The van der Waals surface area contributed by atoms with Gasteiger partial charge in [0.1, 0.15) is 23.1 Å². The average molecular weight is 553 g/mol. The Bertz CT molecular complexity index is 1140. The molecule has 0 radical (unpaired) electrons. The van der Waals surface area contributed by atoms with E-state index >= 15 is 0 Å². The minimum Gasteiger partial charge on any atom is -0.491 e. The lowest BCUT2D eigenvalue weighted by atomic mass is 10.1. The molecule has 1 amide bonds. The van der Waals surface area contributed by atoms with E-state index in [1.165, 1.54) is 13.2 Å². The van der Waals surface area contributed by atoms with Crippen LogP contribution >= 0.6 is 11.6 Å². The van der Waals surface area contributed by atoms with Gasteiger partial charge in [-0.05, 0) is 36.5 Å². The summed E-state index contributed by atoms with van der Waals surface area (Å²) in [5.74, 6) is -0.483. The lowest BCUT2D eigenvalue weighted by molar-refractivity contribution is -0.137. The van der Waals surface area contributed by atoms with Gasteiger partial charge in [-0.15, -0.1) is 0 Å². The summed E-state index contributed by atoms with van der Waals surface area (Å²) in [5, 5.41) is -0.365. The number of carbonyl (C=O) groups is 1. The standard InChI is InChI=1S/C23H28ClF3N2O6S/c1-15(2)8-11-36(31,32)29-21(30)7-5-16-4-6-18(34-10-9-33-3)13-20(16)35-22-19(24)12-17(14-28-22)23(25,26)27/h4,6,12-15H,5,7-11H2,1-3H3,(H,29,30). The first kappa shape index (κ1) is 29.7. The van der Waals surface area contributed by atoms with Crippen LogP contribution in [0.4, 0.5) is 13.2 Å². The molecule has 0 fully saturated rings. The number of nitrogens with one attached hydrogen (secondary N) is 1. The highest BCUT2D eigenvalue weighted by atomic mass is 35.5. The molecular weight excluding hydrogens is 525 g/mol. The summed E-state index contributed by atoms with van der Waals surface area (Å²) in [4.78, 5) is 15.9. The van der Waals surface area contributed by atoms with E-state index < -0.39 is 27.7 Å². The van der Waals surface area contributed by atoms with Gasteiger partial charge in [0.05, 0.1) is 17.9 Å². The van der Waals surface area contributed by atoms with Crippen molar-refractivity contribution in [3.63, 3.8) is 0 Å². The summed E-state index contributed by atoms with van der Waals surface area (Å²) >= 11 is 5.97. The number of nitrogens with zero attached hydrogens (tertiary/aromatic N) is 1. The highest BCUT2D eigenvalue weighted by Gasteiger charge is 2.32. The molecule has 1 heterocycles. The zero-order valence-corrected chi connectivity index (χ0v) is 21.6. The van der Waals surface area contributed by atoms with E-state index in [4.69, 9.17) is 25.8 Å². The SMILES string of the molecule is COCCOc1ccc(CCC(=O)NS(=O)(=O)CCC(C)C)c(Oc2ncc(C(F)(F)F)cc2Cl)c1. The van der Waals surface area contributed by atoms with Crippen molar-refractivity contribution in [3.05, 3.63) is 46.6 Å². The first-order valence-electron chi connectivity index (χ1n) is 11.0. The number of amides is 1. The number of rotatable bonds is 13. The lowest BCUT2D eigenvalue weighted by Gasteiger charge is -2.15. The average Bonchev–Trinajstić information content (AvgIpc) is 2.78. The van der Waals surface area contributed by atoms with Gasteiger partial charge in [-0.3, -0.25) is 9.52 Å². The smallest absolute Gasteiger partial charge is 0.417 e. The second-order valence-electron chi connectivity index (χ2n) is 8.25. The maximum absolute atomic E-state index is 12.9. The van der Waals surface area contributed by atoms with E-state index in [-0.39, 0.29) is 47.8 Å². The van der Waals surface area contributed by atoms with Gasteiger partial charge in [-0.25, -0.2) is 13.4 Å². The molecule has 1 N–H and O–H groups in total. The number of aromatic nitrogens is 1. The Morgan fingerprint density at radius 1 is 1.19 bits per heavy atom. The first-order chi connectivity index (χ1) is 16.8. The summed E-state index contributed by atoms with van der Waals surface area (Å²) in [6.45, 7) is 4.29.